The van der Waals surface area contributed by atoms with Crippen LogP contribution >= 0.6 is 0 Å². The second kappa shape index (κ2) is 28.2. The number of nitrogens with two attached hydrogens (primary N) is 2. The Kier molecular flexibility index (Phi) is 23.5. The molecule has 0 saturated heterocycles. The van der Waals surface area contributed by atoms with Gasteiger partial charge in [-0.1, -0.05) is 86.7 Å². The lowest BCUT2D eigenvalue weighted by Gasteiger charge is -2.28. The van der Waals surface area contributed by atoms with Gasteiger partial charge in [0.25, 0.3) is 0 Å². The van der Waals surface area contributed by atoms with Crippen LogP contribution in [0.15, 0.2) is 54.6 Å². The molecule has 3 rings (SSSR count). The van der Waals surface area contributed by atoms with Crippen molar-refractivity contribution >= 4 is 39.5 Å². The van der Waals surface area contributed by atoms with Crippen molar-refractivity contribution in [3.63, 3.8) is 0 Å². The zero-order chi connectivity index (χ0) is 44.5. The first-order valence-electron chi connectivity index (χ1n) is 21.3. The van der Waals surface area contributed by atoms with E-state index in [4.69, 9.17) is 31.1 Å². The maximum absolute atomic E-state index is 14.0. The zero-order valence-corrected chi connectivity index (χ0v) is 36.6. The molecule has 340 valence electrons. The maximum atomic E-state index is 14.0. The quantitative estimate of drug-likeness (QED) is 0.0320. The number of amidine groups is 1. The molecule has 0 spiro atoms. The number of nitrogen functional groups attached to an aromatic ring is 1. The van der Waals surface area contributed by atoms with Gasteiger partial charge < -0.3 is 46.9 Å². The minimum Gasteiger partial charge on any atom is -0.384 e. The molecular formula is C43H68N8O9S. The summed E-state index contributed by atoms with van der Waals surface area (Å²) in [7, 11) is -3.92. The highest BCUT2D eigenvalue weighted by atomic mass is 32.2. The predicted octanol–water partition coefficient (Wildman–Crippen LogP) is 2.11. The average Bonchev–Trinajstić information content (AvgIpc) is 3.23. The Morgan fingerprint density at radius 1 is 0.787 bits per heavy atom. The highest BCUT2D eigenvalue weighted by molar-refractivity contribution is 7.88. The molecule has 0 heterocycles. The molecule has 0 aliphatic heterocycles. The van der Waals surface area contributed by atoms with Crippen LogP contribution in [0.2, 0.25) is 0 Å². The summed E-state index contributed by atoms with van der Waals surface area (Å²) in [5.41, 5.74) is 12.9. The standard InChI is InChI=1S/C43H68N8O9S/c1-31(60-24-21-44)20-23-59-32(2)26-48-40(53)29-58-28-39(52)47-22-10-9-15-37(42(54)49-27-34-16-18-36(19-17-34)41(45)46)50-43(55)38(25-33-11-5-3-6-12-33)51-61(56,57)30-35-13-7-4-8-14-35/h4,7-8,13-14,16-19,31-33,37-38,51H,3,5-6,9-12,15,20-30,44H2,1-2H3,(H3,45,46)(H,47,52)(H,48,53)(H,49,54)(H,50,55)/t31?,32?,37-,38+/m0/s1. The number of hydrogen-bond acceptors (Lipinski definition) is 11. The van der Waals surface area contributed by atoms with E-state index in [1.807, 2.05) is 13.8 Å². The van der Waals surface area contributed by atoms with Crippen LogP contribution in [0.3, 0.4) is 0 Å². The van der Waals surface area contributed by atoms with E-state index in [1.54, 1.807) is 54.6 Å². The van der Waals surface area contributed by atoms with Gasteiger partial charge in [-0.05, 0) is 63.0 Å². The number of carbonyl (C=O) groups excluding carboxylic acids is 4. The molecule has 2 aromatic rings. The Morgan fingerprint density at radius 3 is 2.13 bits per heavy atom. The van der Waals surface area contributed by atoms with Crippen LogP contribution in [0, 0.1) is 11.3 Å². The van der Waals surface area contributed by atoms with Gasteiger partial charge in [0.15, 0.2) is 0 Å². The molecule has 1 fully saturated rings. The van der Waals surface area contributed by atoms with Gasteiger partial charge in [-0.15, -0.1) is 0 Å². The largest absolute Gasteiger partial charge is 0.384 e. The van der Waals surface area contributed by atoms with Crippen molar-refractivity contribution in [1.29, 1.82) is 5.41 Å². The fourth-order valence-corrected chi connectivity index (χ4v) is 8.17. The molecule has 18 heteroatoms. The van der Waals surface area contributed by atoms with Crippen molar-refractivity contribution in [2.24, 2.45) is 17.4 Å². The number of carbonyl (C=O) groups is 4. The van der Waals surface area contributed by atoms with Gasteiger partial charge in [-0.3, -0.25) is 24.6 Å². The van der Waals surface area contributed by atoms with E-state index < -0.39 is 39.8 Å². The minimum atomic E-state index is -3.92. The van der Waals surface area contributed by atoms with Crippen LogP contribution in [-0.4, -0.2) is 108 Å². The van der Waals surface area contributed by atoms with Gasteiger partial charge >= 0.3 is 0 Å². The van der Waals surface area contributed by atoms with Crippen LogP contribution in [0.25, 0.3) is 0 Å². The molecule has 1 saturated carbocycles. The Hall–Kier alpha value is -4.46. The monoisotopic (exact) mass is 872 g/mol. The first kappa shape index (κ1) is 50.9. The summed E-state index contributed by atoms with van der Waals surface area (Å²) in [5.74, 6) is -2.04. The van der Waals surface area contributed by atoms with Crippen LogP contribution in [-0.2, 0) is 55.7 Å². The molecule has 4 atom stereocenters. The molecule has 2 unspecified atom stereocenters. The van der Waals surface area contributed by atoms with Crippen molar-refractivity contribution in [3.05, 3.63) is 71.3 Å². The molecule has 1 aliphatic rings. The average molecular weight is 873 g/mol. The Bertz CT molecular complexity index is 1750. The third-order valence-corrected chi connectivity index (χ3v) is 11.6. The smallest absolute Gasteiger partial charge is 0.246 e. The highest BCUT2D eigenvalue weighted by Crippen LogP contribution is 2.28. The molecule has 0 radical (unpaired) electrons. The van der Waals surface area contributed by atoms with E-state index in [2.05, 4.69) is 26.0 Å². The molecule has 10 N–H and O–H groups in total. The number of hydrogen-bond donors (Lipinski definition) is 8. The lowest BCUT2D eigenvalue weighted by molar-refractivity contribution is -0.131. The lowest BCUT2D eigenvalue weighted by atomic mass is 9.85. The van der Waals surface area contributed by atoms with Crippen LogP contribution in [0.5, 0.6) is 0 Å². The Balaban J connectivity index is 1.52. The number of rotatable bonds is 30. The number of unbranched alkanes of at least 4 members (excludes halogenated alkanes) is 1. The first-order valence-corrected chi connectivity index (χ1v) is 23.0. The summed E-state index contributed by atoms with van der Waals surface area (Å²) in [6, 6.07) is 13.5. The van der Waals surface area contributed by atoms with Crippen LogP contribution in [0.4, 0.5) is 0 Å². The van der Waals surface area contributed by atoms with Gasteiger partial charge in [0.1, 0.15) is 31.1 Å². The van der Waals surface area contributed by atoms with E-state index in [1.165, 1.54) is 0 Å². The summed E-state index contributed by atoms with van der Waals surface area (Å²) in [6.45, 7) is 5.27. The Morgan fingerprint density at radius 2 is 1.46 bits per heavy atom. The van der Waals surface area contributed by atoms with E-state index in [0.29, 0.717) is 56.6 Å². The molecule has 1 aliphatic carbocycles. The molecular weight excluding hydrogens is 805 g/mol. The Labute approximate surface area is 361 Å². The van der Waals surface area contributed by atoms with Crippen molar-refractivity contribution in [3.8, 4) is 0 Å². The highest BCUT2D eigenvalue weighted by Gasteiger charge is 2.31. The summed E-state index contributed by atoms with van der Waals surface area (Å²) in [4.78, 5) is 52.2. The van der Waals surface area contributed by atoms with Gasteiger partial charge in [-0.25, -0.2) is 13.1 Å². The summed E-state index contributed by atoms with van der Waals surface area (Å²) >= 11 is 0. The normalized spacial score (nSPS) is 15.2. The SMILES string of the molecule is CC(CCOC(C)CNC(=O)COCC(=O)NCCCC[C@H](NC(=O)[C@@H](CC1CCCCC1)NS(=O)(=O)Cc1ccccc1)C(=O)NCc1ccc(C(=N)N)cc1)OCCN. The summed E-state index contributed by atoms with van der Waals surface area (Å²) in [5, 5.41) is 18.8. The number of sulfonamides is 1. The van der Waals surface area contributed by atoms with Gasteiger partial charge in [0.2, 0.25) is 33.7 Å². The molecule has 2 aromatic carbocycles. The second-order valence-corrected chi connectivity index (χ2v) is 17.4. The molecule has 4 amide bonds. The van der Waals surface area contributed by atoms with Gasteiger partial charge in [-0.2, -0.15) is 0 Å². The lowest BCUT2D eigenvalue weighted by Crippen LogP contribution is -2.54. The van der Waals surface area contributed by atoms with Crippen molar-refractivity contribution in [1.82, 2.24) is 26.0 Å². The third-order valence-electron chi connectivity index (χ3n) is 10.2. The van der Waals surface area contributed by atoms with Crippen molar-refractivity contribution < 1.29 is 41.8 Å². The first-order chi connectivity index (χ1) is 29.2. The predicted molar refractivity (Wildman–Crippen MR) is 234 cm³/mol. The van der Waals surface area contributed by atoms with Crippen LogP contribution in [0.1, 0.15) is 94.7 Å². The summed E-state index contributed by atoms with van der Waals surface area (Å²) in [6.07, 6.45) is 6.82. The van der Waals surface area contributed by atoms with Crippen molar-refractivity contribution in [2.75, 3.05) is 46.1 Å². The van der Waals surface area contributed by atoms with E-state index in [9.17, 15) is 27.6 Å². The second-order valence-electron chi connectivity index (χ2n) is 15.6. The van der Waals surface area contributed by atoms with E-state index in [0.717, 1.165) is 37.7 Å². The molecule has 0 bridgehead atoms. The van der Waals surface area contributed by atoms with Gasteiger partial charge in [0, 0.05) is 38.3 Å². The van der Waals surface area contributed by atoms with Crippen molar-refractivity contribution in [2.45, 2.75) is 115 Å². The fraction of sp³-hybridized carbons (Fsp3) is 0.605. The molecule has 0 aromatic heterocycles. The maximum Gasteiger partial charge on any atom is 0.246 e. The number of benzene rings is 2. The zero-order valence-electron chi connectivity index (χ0n) is 35.8. The number of nitrogens with one attached hydrogen (secondary N) is 6. The molecule has 61 heavy (non-hydrogen) atoms. The third kappa shape index (κ3) is 21.8. The molecule has 17 nitrogen and oxygen atoms in total. The van der Waals surface area contributed by atoms with Crippen LogP contribution < -0.4 is 37.5 Å². The van der Waals surface area contributed by atoms with Gasteiger partial charge in [0.05, 0.1) is 24.6 Å². The number of ether oxygens (including phenoxy) is 3. The fourth-order valence-electron chi connectivity index (χ4n) is 6.82. The van der Waals surface area contributed by atoms with E-state index >= 15 is 0 Å². The topological polar surface area (TPSA) is 266 Å². The number of amides is 4. The summed E-state index contributed by atoms with van der Waals surface area (Å²) < 4.78 is 45.9. The van der Waals surface area contributed by atoms with E-state index in [-0.39, 0.29) is 74.9 Å². The minimum absolute atomic E-state index is 0.0220.